The zero-order valence-electron chi connectivity index (χ0n) is 20.2. The van der Waals surface area contributed by atoms with Crippen LogP contribution in [0.15, 0.2) is 41.4 Å². The highest BCUT2D eigenvalue weighted by Crippen LogP contribution is 2.26. The van der Waals surface area contributed by atoms with E-state index in [1.807, 2.05) is 0 Å². The standard InChI is InChI=1S/C24H27Cl2N5O6/c1-3-36-21(33)11-19(13-6-16(25)10-17(26)7-13)31-20(32)12-29-22(34)14-5-15(23(35)37-4-2)9-18(8-14)30-24(27)28/h5-10,19H,3-4,11-12H2,1-2H3,(H,29,34)(H,31,32)(H4,27,28,30). The molecule has 2 rings (SSSR count). The van der Waals surface area contributed by atoms with Gasteiger partial charge in [0.05, 0.1) is 43.5 Å². The van der Waals surface area contributed by atoms with Crippen LogP contribution < -0.4 is 22.1 Å². The second-order valence-electron chi connectivity index (χ2n) is 7.54. The molecule has 0 aliphatic heterocycles. The van der Waals surface area contributed by atoms with E-state index in [2.05, 4.69) is 15.6 Å². The molecule has 1 unspecified atom stereocenters. The van der Waals surface area contributed by atoms with Crippen molar-refractivity contribution >= 4 is 58.6 Å². The van der Waals surface area contributed by atoms with E-state index in [1.54, 1.807) is 26.0 Å². The number of benzene rings is 2. The molecule has 0 fully saturated rings. The van der Waals surface area contributed by atoms with Gasteiger partial charge in [-0.3, -0.25) is 14.4 Å². The molecule has 2 amide bonds. The van der Waals surface area contributed by atoms with Crippen molar-refractivity contribution < 1.29 is 28.7 Å². The van der Waals surface area contributed by atoms with E-state index in [1.165, 1.54) is 24.3 Å². The third kappa shape index (κ3) is 9.62. The SMILES string of the molecule is CCOC(=O)CC(NC(=O)CNC(=O)c1cc(N=C(N)N)cc(C(=O)OCC)c1)c1cc(Cl)cc(Cl)c1. The van der Waals surface area contributed by atoms with Gasteiger partial charge < -0.3 is 31.6 Å². The molecule has 0 aliphatic rings. The Morgan fingerprint density at radius 2 is 1.54 bits per heavy atom. The van der Waals surface area contributed by atoms with Crippen molar-refractivity contribution in [2.75, 3.05) is 19.8 Å². The summed E-state index contributed by atoms with van der Waals surface area (Å²) in [7, 11) is 0. The second kappa shape index (κ2) is 14.0. The molecule has 198 valence electrons. The number of ether oxygens (including phenoxy) is 2. The van der Waals surface area contributed by atoms with Crippen LogP contribution in [-0.2, 0) is 19.1 Å². The summed E-state index contributed by atoms with van der Waals surface area (Å²) < 4.78 is 9.96. The maximum Gasteiger partial charge on any atom is 0.338 e. The van der Waals surface area contributed by atoms with E-state index >= 15 is 0 Å². The number of nitrogens with one attached hydrogen (secondary N) is 2. The predicted molar refractivity (Wildman–Crippen MR) is 139 cm³/mol. The highest BCUT2D eigenvalue weighted by atomic mass is 35.5. The Labute approximate surface area is 223 Å². The number of nitrogens with two attached hydrogens (primary N) is 2. The Balaban J connectivity index is 2.18. The first kappa shape index (κ1) is 29.4. The Morgan fingerprint density at radius 1 is 0.919 bits per heavy atom. The fourth-order valence-electron chi connectivity index (χ4n) is 3.21. The molecule has 13 heteroatoms. The highest BCUT2D eigenvalue weighted by molar-refractivity contribution is 6.34. The van der Waals surface area contributed by atoms with E-state index in [0.29, 0.717) is 15.6 Å². The van der Waals surface area contributed by atoms with E-state index < -0.39 is 36.3 Å². The Morgan fingerprint density at radius 3 is 2.14 bits per heavy atom. The summed E-state index contributed by atoms with van der Waals surface area (Å²) in [5.41, 5.74) is 11.5. The van der Waals surface area contributed by atoms with Gasteiger partial charge in [-0.05, 0) is 55.8 Å². The zero-order valence-corrected chi connectivity index (χ0v) is 21.7. The van der Waals surface area contributed by atoms with Crippen LogP contribution in [0.25, 0.3) is 0 Å². The topological polar surface area (TPSA) is 175 Å². The molecule has 2 aromatic rings. The summed E-state index contributed by atoms with van der Waals surface area (Å²) in [5.74, 6) is -2.79. The Bertz CT molecular complexity index is 1180. The van der Waals surface area contributed by atoms with Gasteiger partial charge in [0.15, 0.2) is 5.96 Å². The van der Waals surface area contributed by atoms with Crippen molar-refractivity contribution in [2.45, 2.75) is 26.3 Å². The Hall–Kier alpha value is -3.83. The van der Waals surface area contributed by atoms with E-state index in [0.717, 1.165) is 0 Å². The number of carbonyl (C=O) groups is 4. The van der Waals surface area contributed by atoms with Crippen LogP contribution in [0.4, 0.5) is 5.69 Å². The van der Waals surface area contributed by atoms with Crippen molar-refractivity contribution in [3.05, 3.63) is 63.1 Å². The van der Waals surface area contributed by atoms with Crippen molar-refractivity contribution in [3.63, 3.8) is 0 Å². The van der Waals surface area contributed by atoms with Crippen LogP contribution in [-0.4, -0.2) is 49.5 Å². The maximum atomic E-state index is 12.8. The van der Waals surface area contributed by atoms with Gasteiger partial charge in [-0.25, -0.2) is 9.79 Å². The van der Waals surface area contributed by atoms with Gasteiger partial charge in [0.1, 0.15) is 0 Å². The van der Waals surface area contributed by atoms with Crippen LogP contribution in [0.2, 0.25) is 10.0 Å². The minimum absolute atomic E-state index is 0.0167. The molecule has 37 heavy (non-hydrogen) atoms. The average Bonchev–Trinajstić information content (AvgIpc) is 2.81. The van der Waals surface area contributed by atoms with Crippen LogP contribution in [0, 0.1) is 0 Å². The molecule has 0 radical (unpaired) electrons. The number of hydrogen-bond donors (Lipinski definition) is 4. The van der Waals surface area contributed by atoms with Crippen molar-refractivity contribution in [2.24, 2.45) is 16.5 Å². The summed E-state index contributed by atoms with van der Waals surface area (Å²) in [5, 5.41) is 5.75. The fourth-order valence-corrected chi connectivity index (χ4v) is 3.75. The molecule has 0 aromatic heterocycles. The summed E-state index contributed by atoms with van der Waals surface area (Å²) in [6, 6.07) is 7.79. The number of guanidine groups is 1. The number of hydrogen-bond acceptors (Lipinski definition) is 7. The highest BCUT2D eigenvalue weighted by Gasteiger charge is 2.21. The van der Waals surface area contributed by atoms with Crippen molar-refractivity contribution in [3.8, 4) is 0 Å². The largest absolute Gasteiger partial charge is 0.466 e. The normalized spacial score (nSPS) is 11.1. The first-order chi connectivity index (χ1) is 17.5. The molecule has 0 aliphatic carbocycles. The molecule has 2 aromatic carbocycles. The number of carbonyl (C=O) groups excluding carboxylic acids is 4. The summed E-state index contributed by atoms with van der Waals surface area (Å²) in [6.07, 6.45) is -0.187. The lowest BCUT2D eigenvalue weighted by atomic mass is 10.0. The molecule has 1 atom stereocenters. The summed E-state index contributed by atoms with van der Waals surface area (Å²) >= 11 is 12.1. The number of esters is 2. The number of halogens is 2. The van der Waals surface area contributed by atoms with Crippen LogP contribution in [0.3, 0.4) is 0 Å². The van der Waals surface area contributed by atoms with Gasteiger partial charge in [-0.2, -0.15) is 0 Å². The minimum Gasteiger partial charge on any atom is -0.466 e. The smallest absolute Gasteiger partial charge is 0.338 e. The van der Waals surface area contributed by atoms with E-state index in [9.17, 15) is 19.2 Å². The number of amides is 2. The van der Waals surface area contributed by atoms with Gasteiger partial charge in [0.25, 0.3) is 5.91 Å². The quantitative estimate of drug-likeness (QED) is 0.187. The number of nitrogens with zero attached hydrogens (tertiary/aromatic N) is 1. The average molecular weight is 552 g/mol. The van der Waals surface area contributed by atoms with E-state index in [4.69, 9.17) is 44.1 Å². The van der Waals surface area contributed by atoms with Gasteiger partial charge in [0, 0.05) is 15.6 Å². The van der Waals surface area contributed by atoms with Crippen LogP contribution in [0.1, 0.15) is 52.6 Å². The predicted octanol–water partition coefficient (Wildman–Crippen LogP) is 2.62. The minimum atomic E-state index is -0.819. The molecular formula is C24H27Cl2N5O6. The fraction of sp³-hybridized carbons (Fsp3) is 0.292. The van der Waals surface area contributed by atoms with Gasteiger partial charge in [-0.15, -0.1) is 0 Å². The van der Waals surface area contributed by atoms with Gasteiger partial charge in [0.2, 0.25) is 5.91 Å². The third-order valence-electron chi connectivity index (χ3n) is 4.66. The summed E-state index contributed by atoms with van der Waals surface area (Å²) in [4.78, 5) is 53.6. The van der Waals surface area contributed by atoms with Crippen LogP contribution >= 0.6 is 23.2 Å². The lowest BCUT2D eigenvalue weighted by Crippen LogP contribution is -2.39. The zero-order chi connectivity index (χ0) is 27.5. The molecule has 0 spiro atoms. The molecule has 0 saturated heterocycles. The van der Waals surface area contributed by atoms with Crippen molar-refractivity contribution in [1.82, 2.24) is 10.6 Å². The molecular weight excluding hydrogens is 525 g/mol. The van der Waals surface area contributed by atoms with Crippen molar-refractivity contribution in [1.29, 1.82) is 0 Å². The second-order valence-corrected chi connectivity index (χ2v) is 8.41. The molecule has 11 nitrogen and oxygen atoms in total. The van der Waals surface area contributed by atoms with Gasteiger partial charge in [-0.1, -0.05) is 23.2 Å². The Kier molecular flexibility index (Phi) is 11.2. The molecule has 6 N–H and O–H groups in total. The number of rotatable bonds is 11. The van der Waals surface area contributed by atoms with Crippen LogP contribution in [0.5, 0.6) is 0 Å². The lowest BCUT2D eigenvalue weighted by Gasteiger charge is -2.19. The molecule has 0 heterocycles. The maximum absolute atomic E-state index is 12.8. The van der Waals surface area contributed by atoms with Gasteiger partial charge >= 0.3 is 11.9 Å². The first-order valence-electron chi connectivity index (χ1n) is 11.1. The van der Waals surface area contributed by atoms with E-state index in [-0.39, 0.29) is 42.4 Å². The third-order valence-corrected chi connectivity index (χ3v) is 5.09. The molecule has 0 bridgehead atoms. The lowest BCUT2D eigenvalue weighted by molar-refractivity contribution is -0.143. The monoisotopic (exact) mass is 551 g/mol. The summed E-state index contributed by atoms with van der Waals surface area (Å²) in [6.45, 7) is 3.13. The first-order valence-corrected chi connectivity index (χ1v) is 11.9. The molecule has 0 saturated carbocycles. The number of aliphatic imine (C=N–C) groups is 1.